The molecule has 0 radical (unpaired) electrons. The number of allylic oxidation sites excluding steroid dienone is 7. The van der Waals surface area contributed by atoms with Crippen LogP contribution in [0.2, 0.25) is 0 Å². The fraction of sp³-hybridized carbons (Fsp3) is 0.200. The lowest BCUT2D eigenvalue weighted by Crippen LogP contribution is -2.27. The van der Waals surface area contributed by atoms with Crippen LogP contribution in [0.1, 0.15) is 39.3 Å². The van der Waals surface area contributed by atoms with Crippen LogP contribution in [-0.2, 0) is 12.4 Å². The topological polar surface area (TPSA) is 95.2 Å². The van der Waals surface area contributed by atoms with E-state index in [0.717, 1.165) is 12.1 Å². The Bertz CT molecular complexity index is 2010. The molecule has 4 nitrogen and oxygen atoms in total. The van der Waals surface area contributed by atoms with Gasteiger partial charge in [-0.3, -0.25) is 0 Å². The van der Waals surface area contributed by atoms with E-state index in [1.807, 2.05) is 0 Å². The third kappa shape index (κ3) is 4.78. The van der Waals surface area contributed by atoms with Crippen LogP contribution in [0.4, 0.5) is 52.7 Å². The molecule has 2 aromatic rings. The molecule has 16 heteroatoms. The number of hydrogen-bond donors (Lipinski definition) is 0. The zero-order valence-electron chi connectivity index (χ0n) is 21.9. The SMILES string of the molecule is N#CC(C#N)=C1c2cc3c(cc2-c2c1cc(C(F)(F)F)cc2C(F)(F)F)C(=C(C#N)C#N)C1C=C(C(F)(F)F)C=C(C(F)(F)F)C31. The van der Waals surface area contributed by atoms with Gasteiger partial charge in [-0.05, 0) is 63.7 Å². The van der Waals surface area contributed by atoms with E-state index in [0.29, 0.717) is 6.08 Å². The van der Waals surface area contributed by atoms with Crippen molar-refractivity contribution in [2.24, 2.45) is 5.92 Å². The number of fused-ring (bicyclic) bond motifs is 6. The highest BCUT2D eigenvalue weighted by molar-refractivity contribution is 6.07. The Kier molecular flexibility index (Phi) is 6.95. The first-order valence-electron chi connectivity index (χ1n) is 12.4. The average molecular weight is 652 g/mol. The molecule has 2 aromatic carbocycles. The summed E-state index contributed by atoms with van der Waals surface area (Å²) in [6, 6.07) is 6.90. The number of benzene rings is 2. The number of rotatable bonds is 0. The lowest BCUT2D eigenvalue weighted by Gasteiger charge is -2.29. The maximum Gasteiger partial charge on any atom is 0.417 e. The Labute approximate surface area is 249 Å². The van der Waals surface area contributed by atoms with Gasteiger partial charge in [0.25, 0.3) is 0 Å². The Hall–Kier alpha value is -5.48. The first kappa shape index (κ1) is 31.9. The van der Waals surface area contributed by atoms with Crippen molar-refractivity contribution in [3.05, 3.63) is 92.1 Å². The highest BCUT2D eigenvalue weighted by Crippen LogP contribution is 2.61. The predicted molar refractivity (Wildman–Crippen MR) is 132 cm³/mol. The van der Waals surface area contributed by atoms with Gasteiger partial charge < -0.3 is 0 Å². The van der Waals surface area contributed by atoms with E-state index in [-0.39, 0.29) is 18.2 Å². The van der Waals surface area contributed by atoms with Gasteiger partial charge >= 0.3 is 24.7 Å². The van der Waals surface area contributed by atoms with Crippen molar-refractivity contribution in [2.45, 2.75) is 30.6 Å². The fourth-order valence-electron chi connectivity index (χ4n) is 6.05. The molecule has 0 saturated heterocycles. The molecule has 2 atom stereocenters. The minimum atomic E-state index is -5.51. The second-order valence-electron chi connectivity index (χ2n) is 10.1. The molecule has 2 unspecified atom stereocenters. The van der Waals surface area contributed by atoms with Crippen molar-refractivity contribution in [1.82, 2.24) is 0 Å². The lowest BCUT2D eigenvalue weighted by atomic mass is 9.77. The molecule has 0 amide bonds. The molecule has 232 valence electrons. The second-order valence-corrected chi connectivity index (χ2v) is 10.1. The fourth-order valence-corrected chi connectivity index (χ4v) is 6.05. The van der Waals surface area contributed by atoms with Crippen LogP contribution in [0.15, 0.2) is 58.7 Å². The molecule has 3 aliphatic carbocycles. The van der Waals surface area contributed by atoms with Gasteiger partial charge in [-0.15, -0.1) is 0 Å². The highest BCUT2D eigenvalue weighted by atomic mass is 19.4. The van der Waals surface area contributed by atoms with Crippen molar-refractivity contribution >= 4 is 11.1 Å². The van der Waals surface area contributed by atoms with Gasteiger partial charge in [0.2, 0.25) is 0 Å². The van der Waals surface area contributed by atoms with Gasteiger partial charge in [0, 0.05) is 28.5 Å². The van der Waals surface area contributed by atoms with Gasteiger partial charge in [0.15, 0.2) is 0 Å². The van der Waals surface area contributed by atoms with Gasteiger partial charge in [-0.2, -0.15) is 73.7 Å². The van der Waals surface area contributed by atoms with Crippen molar-refractivity contribution in [1.29, 1.82) is 21.0 Å². The minimum absolute atomic E-state index is 0.196. The molecule has 46 heavy (non-hydrogen) atoms. The van der Waals surface area contributed by atoms with Crippen molar-refractivity contribution in [3.8, 4) is 35.4 Å². The van der Waals surface area contributed by atoms with Crippen LogP contribution >= 0.6 is 0 Å². The molecule has 5 rings (SSSR count). The van der Waals surface area contributed by atoms with Crippen LogP contribution in [0, 0.1) is 51.2 Å². The van der Waals surface area contributed by atoms with Crippen LogP contribution < -0.4 is 0 Å². The number of halogens is 12. The van der Waals surface area contributed by atoms with E-state index >= 15 is 0 Å². The summed E-state index contributed by atoms with van der Waals surface area (Å²) < 4.78 is 168. The lowest BCUT2D eigenvalue weighted by molar-refractivity contribution is -0.142. The molecule has 0 aliphatic heterocycles. The quantitative estimate of drug-likeness (QED) is 0.179. The van der Waals surface area contributed by atoms with Crippen LogP contribution in [-0.4, -0.2) is 12.4 Å². The molecule has 0 aromatic heterocycles. The third-order valence-corrected chi connectivity index (χ3v) is 7.71. The zero-order chi connectivity index (χ0) is 34.3. The third-order valence-electron chi connectivity index (χ3n) is 7.71. The van der Waals surface area contributed by atoms with E-state index < -0.39 is 114 Å². The Morgan fingerprint density at radius 1 is 0.587 bits per heavy atom. The summed E-state index contributed by atoms with van der Waals surface area (Å²) >= 11 is 0. The van der Waals surface area contributed by atoms with E-state index in [1.54, 1.807) is 0 Å². The summed E-state index contributed by atoms with van der Waals surface area (Å²) in [6.07, 6.45) is -21.5. The summed E-state index contributed by atoms with van der Waals surface area (Å²) in [5.74, 6) is -4.10. The molecular formula is C30H8F12N4. The first-order valence-corrected chi connectivity index (χ1v) is 12.4. The van der Waals surface area contributed by atoms with Gasteiger partial charge in [0.1, 0.15) is 35.4 Å². The smallest absolute Gasteiger partial charge is 0.192 e. The molecule has 0 spiro atoms. The van der Waals surface area contributed by atoms with Crippen molar-refractivity contribution in [2.75, 3.05) is 0 Å². The maximum absolute atomic E-state index is 14.3. The van der Waals surface area contributed by atoms with Crippen LogP contribution in [0.3, 0.4) is 0 Å². The van der Waals surface area contributed by atoms with Gasteiger partial charge in [-0.1, -0.05) is 6.08 Å². The Balaban J connectivity index is 1.99. The van der Waals surface area contributed by atoms with E-state index in [1.165, 1.54) is 24.3 Å². The standard InChI is InChI=1S/C30H8F12N4/c31-27(32,33)13-1-19-23(11(7-43)8-44)15-5-18-16(6-17(15)25(19)21(3-13)29(37,38)39)24(12(9-45)10-46)20-2-14(28(34,35)36)4-22(26(18)20)30(40,41)42/h1-6,19,25H. The van der Waals surface area contributed by atoms with Gasteiger partial charge in [-0.25, -0.2) is 0 Å². The summed E-state index contributed by atoms with van der Waals surface area (Å²) in [6.45, 7) is 0. The van der Waals surface area contributed by atoms with Crippen LogP contribution in [0.5, 0.6) is 0 Å². The van der Waals surface area contributed by atoms with E-state index in [4.69, 9.17) is 0 Å². The summed E-state index contributed by atoms with van der Waals surface area (Å²) in [7, 11) is 0. The Morgan fingerprint density at radius 3 is 1.65 bits per heavy atom. The second kappa shape index (κ2) is 10.0. The largest absolute Gasteiger partial charge is 0.417 e. The molecule has 0 fully saturated rings. The molecule has 0 bridgehead atoms. The molecule has 3 aliphatic rings. The van der Waals surface area contributed by atoms with E-state index in [9.17, 15) is 73.7 Å². The van der Waals surface area contributed by atoms with Gasteiger partial charge in [0.05, 0.1) is 16.7 Å². The maximum atomic E-state index is 14.3. The number of nitriles is 4. The first-order chi connectivity index (χ1) is 21.2. The highest BCUT2D eigenvalue weighted by Gasteiger charge is 2.53. The molecule has 0 heterocycles. The molecular weight excluding hydrogens is 644 g/mol. The summed E-state index contributed by atoms with van der Waals surface area (Å²) in [4.78, 5) is 0. The zero-order valence-corrected chi connectivity index (χ0v) is 21.9. The molecule has 0 saturated carbocycles. The number of alkyl halides is 12. The number of nitrogens with zero attached hydrogens (tertiary/aromatic N) is 4. The van der Waals surface area contributed by atoms with Crippen LogP contribution in [0.25, 0.3) is 22.3 Å². The van der Waals surface area contributed by atoms with Crippen molar-refractivity contribution in [3.63, 3.8) is 0 Å². The van der Waals surface area contributed by atoms with Crippen molar-refractivity contribution < 1.29 is 52.7 Å². The summed E-state index contributed by atoms with van der Waals surface area (Å²) in [5.41, 5.74) is -15.0. The van der Waals surface area contributed by atoms with E-state index in [2.05, 4.69) is 0 Å². The average Bonchev–Trinajstić information content (AvgIpc) is 3.43. The predicted octanol–water partition coefficient (Wildman–Crippen LogP) is 9.06. The normalized spacial score (nSPS) is 18.5. The number of hydrogen-bond acceptors (Lipinski definition) is 4. The minimum Gasteiger partial charge on any atom is -0.192 e. The molecule has 0 N–H and O–H groups in total. The monoisotopic (exact) mass is 652 g/mol. The summed E-state index contributed by atoms with van der Waals surface area (Å²) in [5, 5.41) is 38.4. The Morgan fingerprint density at radius 2 is 1.17 bits per heavy atom.